The van der Waals surface area contributed by atoms with Gasteiger partial charge in [0.25, 0.3) is 0 Å². The van der Waals surface area contributed by atoms with Crippen LogP contribution in [0.3, 0.4) is 0 Å². The molecule has 22 rings (SSSR count). The molecule has 59 heavy (non-hydrogen) atoms. The van der Waals surface area contributed by atoms with E-state index in [1.165, 1.54) is 12.0 Å². The van der Waals surface area contributed by atoms with Crippen molar-refractivity contribution in [3.8, 4) is 0 Å². The standard InChI is InChI=1S/C57H30O2/c1-59-27(58)8-5-13-55(18-6-3-2-4-7-18)56-51-22-12-11-20-19-9-10-21-23-16-26-34-33-25-15-17-14-24(22)52(56)46-28(17)32(25)40-41(33)42-38(34)35(26)37-31(23)39-29(21)30(19)47(36(20)51)53-48(39)50-44(37)43(42)45(40)49(46)54(50)57(53,55)56/h2-4,6-7,9-12,14,16,21-22,25,33-34,36,41,51H,5,8,13,15H2,1H3. The Morgan fingerprint density at radius 2 is 1.49 bits per heavy atom. The molecule has 8 aromatic rings. The number of hydrogen-bond acceptors (Lipinski definition) is 2. The molecule has 11 unspecified atom stereocenters. The minimum Gasteiger partial charge on any atom is -0.469 e. The van der Waals surface area contributed by atoms with Crippen LogP contribution in [0.5, 0.6) is 0 Å². The van der Waals surface area contributed by atoms with Crippen LogP contribution >= 0.6 is 0 Å². The fourth-order valence-corrected chi connectivity index (χ4v) is 21.5. The first-order valence-corrected chi connectivity index (χ1v) is 22.9. The monoisotopic (exact) mass is 746 g/mol. The lowest BCUT2D eigenvalue weighted by Crippen LogP contribution is -2.40. The molecule has 270 valence electrons. The van der Waals surface area contributed by atoms with Crippen molar-refractivity contribution in [2.45, 2.75) is 77.4 Å². The molecule has 2 nitrogen and oxygen atoms in total. The molecular formula is C57H30O2. The van der Waals surface area contributed by atoms with E-state index < -0.39 is 0 Å². The zero-order valence-electron chi connectivity index (χ0n) is 32.1. The Labute approximate surface area is 336 Å². The molecule has 2 spiro atoms. The van der Waals surface area contributed by atoms with Crippen LogP contribution in [0.25, 0.3) is 70.2 Å². The number of carbonyl (C=O) groups excluding carboxylic acids is 1. The second kappa shape index (κ2) is 6.79. The van der Waals surface area contributed by atoms with Crippen molar-refractivity contribution >= 4 is 76.2 Å². The van der Waals surface area contributed by atoms with E-state index in [0.717, 1.165) is 12.8 Å². The summed E-state index contributed by atoms with van der Waals surface area (Å²) in [5.74, 6) is 3.98. The Kier molecular flexibility index (Phi) is 3.04. The van der Waals surface area contributed by atoms with Crippen LogP contribution < -0.4 is 0 Å². The third-order valence-corrected chi connectivity index (χ3v) is 21.7. The highest BCUT2D eigenvalue weighted by Crippen LogP contribution is 2.98. The van der Waals surface area contributed by atoms with Gasteiger partial charge in [0.1, 0.15) is 0 Å². The van der Waals surface area contributed by atoms with Gasteiger partial charge in [-0.15, -0.1) is 0 Å². The Morgan fingerprint density at radius 3 is 2.41 bits per heavy atom. The third-order valence-electron chi connectivity index (χ3n) is 21.7. The van der Waals surface area contributed by atoms with E-state index in [2.05, 4.69) is 66.8 Å². The Hall–Kier alpha value is -5.73. The molecule has 0 amide bonds. The first-order valence-electron chi connectivity index (χ1n) is 22.9. The number of methoxy groups -OCH3 is 1. The van der Waals surface area contributed by atoms with Crippen molar-refractivity contribution in [1.29, 1.82) is 0 Å². The minimum atomic E-state index is -0.183. The number of ether oxygens (including phenoxy) is 1. The molecule has 0 saturated heterocycles. The van der Waals surface area contributed by atoms with Gasteiger partial charge in [0.15, 0.2) is 0 Å². The molecule has 0 radical (unpaired) electrons. The molecular weight excluding hydrogens is 717 g/mol. The maximum Gasteiger partial charge on any atom is 0.305 e. The summed E-state index contributed by atoms with van der Waals surface area (Å²) >= 11 is 0. The van der Waals surface area contributed by atoms with Gasteiger partial charge < -0.3 is 4.74 Å². The number of allylic oxidation sites excluding steroid dienone is 6. The highest BCUT2D eigenvalue weighted by Gasteiger charge is 2.97. The maximum absolute atomic E-state index is 13.2. The van der Waals surface area contributed by atoms with Crippen LogP contribution in [0.15, 0.2) is 72.3 Å². The summed E-state index contributed by atoms with van der Waals surface area (Å²) in [5.41, 5.74) is 28.5. The molecule has 0 bridgehead atoms. The lowest BCUT2D eigenvalue weighted by atomic mass is 9.57. The quantitative estimate of drug-likeness (QED) is 0.0996. The largest absolute Gasteiger partial charge is 0.469 e. The van der Waals surface area contributed by atoms with Crippen molar-refractivity contribution < 1.29 is 9.53 Å². The maximum atomic E-state index is 13.2. The third kappa shape index (κ3) is 1.73. The predicted octanol–water partition coefficient (Wildman–Crippen LogP) is 11.5. The fraction of sp³-hybridized carbons (Fsp3) is 0.281. The molecule has 1 fully saturated rings. The molecule has 0 aliphatic heterocycles. The van der Waals surface area contributed by atoms with Gasteiger partial charge in [0.05, 0.1) is 7.11 Å². The summed E-state index contributed by atoms with van der Waals surface area (Å²) in [6, 6.07) is 17.6. The summed E-state index contributed by atoms with van der Waals surface area (Å²) in [6.45, 7) is 0. The SMILES string of the molecule is COC(=O)CCCC1(c2ccccc2)C23c4c5c6c7c8c4c4c2c2c9c%10c%11cc%12c9c9c%13c2c2c%14c%15c%16c(cc(c8c%16c24)C7C=CC6=C2C=CC%11C(C25)C%1013)C%15C(C9C%12)C%13%14. The van der Waals surface area contributed by atoms with Crippen molar-refractivity contribution in [1.82, 2.24) is 0 Å². The minimum absolute atomic E-state index is 0.0676. The first-order chi connectivity index (χ1) is 29.2. The molecule has 14 aliphatic rings. The zero-order valence-corrected chi connectivity index (χ0v) is 32.1. The number of carbonyl (C=O) groups is 1. The number of fused-ring (bicyclic) bond motifs is 5. The number of hydrogen-bond donors (Lipinski definition) is 0. The van der Waals surface area contributed by atoms with Gasteiger partial charge in [-0.3, -0.25) is 4.79 Å². The highest BCUT2D eigenvalue weighted by atomic mass is 16.5. The van der Waals surface area contributed by atoms with Gasteiger partial charge >= 0.3 is 5.97 Å². The molecule has 2 heteroatoms. The summed E-state index contributed by atoms with van der Waals surface area (Å²) in [5, 5.41) is 20.3. The van der Waals surface area contributed by atoms with Crippen molar-refractivity contribution in [2.75, 3.05) is 7.11 Å². The van der Waals surface area contributed by atoms with Gasteiger partial charge in [-0.1, -0.05) is 66.8 Å². The molecule has 11 atom stereocenters. The lowest BCUT2D eigenvalue weighted by molar-refractivity contribution is -0.140. The fourth-order valence-electron chi connectivity index (χ4n) is 21.5. The summed E-state index contributed by atoms with van der Waals surface area (Å²) in [4.78, 5) is 13.2. The van der Waals surface area contributed by atoms with Crippen molar-refractivity contribution in [3.05, 3.63) is 156 Å². The molecule has 0 heterocycles. The number of benzene rings is 8. The van der Waals surface area contributed by atoms with Crippen LogP contribution in [-0.4, -0.2) is 13.1 Å². The van der Waals surface area contributed by atoms with E-state index in [1.807, 2.05) is 5.56 Å². The molecule has 14 aliphatic carbocycles. The first kappa shape index (κ1) is 26.4. The Morgan fingerprint density at radius 1 is 0.695 bits per heavy atom. The number of esters is 1. The van der Waals surface area contributed by atoms with Gasteiger partial charge in [0.2, 0.25) is 0 Å². The summed E-state index contributed by atoms with van der Waals surface area (Å²) in [7, 11) is 1.58. The van der Waals surface area contributed by atoms with Crippen LogP contribution in [0.4, 0.5) is 0 Å². The van der Waals surface area contributed by atoms with Crippen molar-refractivity contribution in [2.24, 2.45) is 11.8 Å². The smallest absolute Gasteiger partial charge is 0.305 e. The average Bonchev–Trinajstić information content (AvgIpc) is 4.04. The normalized spacial score (nSPS) is 37.4. The van der Waals surface area contributed by atoms with Crippen LogP contribution in [-0.2, 0) is 32.2 Å². The van der Waals surface area contributed by atoms with E-state index in [-0.39, 0.29) is 22.2 Å². The van der Waals surface area contributed by atoms with E-state index in [1.54, 1.807) is 155 Å². The molecule has 0 aromatic heterocycles. The van der Waals surface area contributed by atoms with Gasteiger partial charge in [-0.2, -0.15) is 0 Å². The van der Waals surface area contributed by atoms with Crippen LogP contribution in [0.2, 0.25) is 0 Å². The topological polar surface area (TPSA) is 26.3 Å². The van der Waals surface area contributed by atoms with E-state index in [0.29, 0.717) is 53.8 Å². The average molecular weight is 747 g/mol. The second-order valence-electron chi connectivity index (χ2n) is 21.9. The van der Waals surface area contributed by atoms with Gasteiger partial charge in [-0.05, 0) is 196 Å². The highest BCUT2D eigenvalue weighted by molar-refractivity contribution is 6.48. The van der Waals surface area contributed by atoms with Crippen LogP contribution in [0.1, 0.15) is 138 Å². The lowest BCUT2D eigenvalue weighted by Gasteiger charge is -2.44. The second-order valence-corrected chi connectivity index (χ2v) is 21.9. The van der Waals surface area contributed by atoms with Crippen molar-refractivity contribution in [3.63, 3.8) is 0 Å². The van der Waals surface area contributed by atoms with E-state index in [4.69, 9.17) is 4.74 Å². The van der Waals surface area contributed by atoms with Gasteiger partial charge in [-0.25, -0.2) is 0 Å². The summed E-state index contributed by atoms with van der Waals surface area (Å²) in [6.07, 6.45) is 14.2. The molecule has 0 N–H and O–H groups in total. The van der Waals surface area contributed by atoms with E-state index >= 15 is 0 Å². The zero-order chi connectivity index (χ0) is 36.8. The Balaban J connectivity index is 1.12. The van der Waals surface area contributed by atoms with Gasteiger partial charge in [0, 0.05) is 52.3 Å². The van der Waals surface area contributed by atoms with Crippen LogP contribution in [0, 0.1) is 11.8 Å². The van der Waals surface area contributed by atoms with E-state index in [9.17, 15) is 4.79 Å². The number of rotatable bonds is 5. The predicted molar refractivity (Wildman–Crippen MR) is 229 cm³/mol. The molecule has 8 aromatic carbocycles. The Bertz CT molecular complexity index is 4080. The summed E-state index contributed by atoms with van der Waals surface area (Å²) < 4.78 is 5.42. The molecule has 1 saturated carbocycles.